The van der Waals surface area contributed by atoms with Gasteiger partial charge in [-0.15, -0.1) is 0 Å². The average Bonchev–Trinajstić information content (AvgIpc) is 2.53. The largest absolute Gasteiger partial charge is 0.497 e. The van der Waals surface area contributed by atoms with Gasteiger partial charge in [0.1, 0.15) is 5.75 Å². The number of benzene rings is 1. The molecule has 0 saturated carbocycles. The summed E-state index contributed by atoms with van der Waals surface area (Å²) in [5, 5.41) is 5.32. The van der Waals surface area contributed by atoms with E-state index in [9.17, 15) is 14.4 Å². The summed E-state index contributed by atoms with van der Waals surface area (Å²) in [5.41, 5.74) is 0.971. The van der Waals surface area contributed by atoms with Crippen LogP contribution in [0.5, 0.6) is 5.75 Å². The second kappa shape index (κ2) is 7.59. The smallest absolute Gasteiger partial charge is 0.287 e. The highest BCUT2D eigenvalue weighted by molar-refractivity contribution is 6.36. The fourth-order valence-electron chi connectivity index (χ4n) is 2.34. The Morgan fingerprint density at radius 3 is 2.68 bits per heavy atom. The molecule has 22 heavy (non-hydrogen) atoms. The Labute approximate surface area is 129 Å². The standard InChI is InChI=1S/C16H20N2O4/c1-22-13-5-2-11(3-6-13)4-7-14(19)16(21)18-12-8-9-17-15(20)10-12/h2-3,5-6,12H,4,7-10H2,1H3,(H,17,20)(H,18,21). The minimum Gasteiger partial charge on any atom is -0.497 e. The molecule has 1 aromatic carbocycles. The van der Waals surface area contributed by atoms with Gasteiger partial charge in [0.15, 0.2) is 0 Å². The third-order valence-corrected chi connectivity index (χ3v) is 3.64. The first kappa shape index (κ1) is 16.0. The number of piperidine rings is 1. The molecule has 6 nitrogen and oxygen atoms in total. The van der Waals surface area contributed by atoms with Gasteiger partial charge in [-0.3, -0.25) is 14.4 Å². The van der Waals surface area contributed by atoms with Gasteiger partial charge >= 0.3 is 0 Å². The monoisotopic (exact) mass is 304 g/mol. The normalized spacial score (nSPS) is 17.5. The van der Waals surface area contributed by atoms with Crippen molar-refractivity contribution in [2.75, 3.05) is 13.7 Å². The summed E-state index contributed by atoms with van der Waals surface area (Å²) in [4.78, 5) is 34.9. The molecular formula is C16H20N2O4. The van der Waals surface area contributed by atoms with Gasteiger partial charge in [0, 0.05) is 25.4 Å². The number of rotatable bonds is 6. The Morgan fingerprint density at radius 1 is 1.32 bits per heavy atom. The summed E-state index contributed by atoms with van der Waals surface area (Å²) in [5.74, 6) is -0.402. The van der Waals surface area contributed by atoms with Crippen LogP contribution in [0, 0.1) is 0 Å². The molecule has 0 spiro atoms. The number of carbonyl (C=O) groups excluding carboxylic acids is 3. The third-order valence-electron chi connectivity index (χ3n) is 3.64. The maximum atomic E-state index is 11.9. The predicted octanol–water partition coefficient (Wildman–Crippen LogP) is 0.592. The number of aryl methyl sites for hydroxylation is 1. The van der Waals surface area contributed by atoms with Crippen LogP contribution in [0.1, 0.15) is 24.8 Å². The van der Waals surface area contributed by atoms with Crippen LogP contribution in [-0.4, -0.2) is 37.3 Å². The highest BCUT2D eigenvalue weighted by Crippen LogP contribution is 2.12. The molecule has 1 saturated heterocycles. The molecule has 1 unspecified atom stereocenters. The van der Waals surface area contributed by atoms with E-state index < -0.39 is 11.7 Å². The fraction of sp³-hybridized carbons (Fsp3) is 0.438. The SMILES string of the molecule is COc1ccc(CCC(=O)C(=O)NC2CCNC(=O)C2)cc1. The van der Waals surface area contributed by atoms with E-state index in [1.54, 1.807) is 7.11 Å². The Balaban J connectivity index is 1.78. The zero-order valence-electron chi connectivity index (χ0n) is 12.6. The Bertz CT molecular complexity index is 554. The molecule has 1 aromatic rings. The lowest BCUT2D eigenvalue weighted by molar-refractivity contribution is -0.138. The summed E-state index contributed by atoms with van der Waals surface area (Å²) in [6.07, 6.45) is 1.54. The number of ketones is 1. The van der Waals surface area contributed by atoms with E-state index in [-0.39, 0.29) is 24.8 Å². The molecule has 1 fully saturated rings. The lowest BCUT2D eigenvalue weighted by atomic mass is 10.0. The Kier molecular flexibility index (Phi) is 5.52. The molecule has 1 heterocycles. The van der Waals surface area contributed by atoms with E-state index in [0.717, 1.165) is 11.3 Å². The van der Waals surface area contributed by atoms with Crippen molar-refractivity contribution in [2.45, 2.75) is 31.7 Å². The molecule has 0 radical (unpaired) electrons. The van der Waals surface area contributed by atoms with Crippen molar-refractivity contribution in [3.8, 4) is 5.75 Å². The first-order valence-electron chi connectivity index (χ1n) is 7.32. The quantitative estimate of drug-likeness (QED) is 0.753. The number of amides is 2. The minimum absolute atomic E-state index is 0.0952. The zero-order valence-corrected chi connectivity index (χ0v) is 12.6. The number of ether oxygens (including phenoxy) is 1. The van der Waals surface area contributed by atoms with E-state index in [1.807, 2.05) is 24.3 Å². The summed E-state index contributed by atoms with van der Waals surface area (Å²) in [7, 11) is 1.59. The van der Waals surface area contributed by atoms with Crippen LogP contribution >= 0.6 is 0 Å². The summed E-state index contributed by atoms with van der Waals surface area (Å²) < 4.78 is 5.06. The first-order chi connectivity index (χ1) is 10.6. The number of methoxy groups -OCH3 is 1. The third kappa shape index (κ3) is 4.58. The van der Waals surface area contributed by atoms with Gasteiger partial charge in [-0.05, 0) is 30.5 Å². The Hall–Kier alpha value is -2.37. The molecule has 1 aliphatic heterocycles. The molecule has 0 bridgehead atoms. The van der Waals surface area contributed by atoms with Crippen molar-refractivity contribution in [1.82, 2.24) is 10.6 Å². The van der Waals surface area contributed by atoms with Gasteiger partial charge in [0.2, 0.25) is 11.7 Å². The van der Waals surface area contributed by atoms with E-state index in [0.29, 0.717) is 19.4 Å². The summed E-state index contributed by atoms with van der Waals surface area (Å²) >= 11 is 0. The van der Waals surface area contributed by atoms with Crippen LogP contribution < -0.4 is 15.4 Å². The summed E-state index contributed by atoms with van der Waals surface area (Å²) in [6, 6.07) is 7.14. The first-order valence-corrected chi connectivity index (χ1v) is 7.32. The van der Waals surface area contributed by atoms with Crippen molar-refractivity contribution in [2.24, 2.45) is 0 Å². The second-order valence-electron chi connectivity index (χ2n) is 5.28. The van der Waals surface area contributed by atoms with Crippen molar-refractivity contribution < 1.29 is 19.1 Å². The highest BCUT2D eigenvalue weighted by Gasteiger charge is 2.23. The van der Waals surface area contributed by atoms with Gasteiger partial charge in [-0.1, -0.05) is 12.1 Å². The van der Waals surface area contributed by atoms with Gasteiger partial charge in [-0.2, -0.15) is 0 Å². The minimum atomic E-state index is -0.604. The number of hydrogen-bond donors (Lipinski definition) is 2. The number of nitrogens with one attached hydrogen (secondary N) is 2. The molecule has 2 rings (SSSR count). The number of hydrogen-bond acceptors (Lipinski definition) is 4. The van der Waals surface area contributed by atoms with E-state index in [2.05, 4.69) is 10.6 Å². The highest BCUT2D eigenvalue weighted by atomic mass is 16.5. The maximum Gasteiger partial charge on any atom is 0.287 e. The molecule has 2 N–H and O–H groups in total. The van der Waals surface area contributed by atoms with Crippen LogP contribution in [-0.2, 0) is 20.8 Å². The second-order valence-corrected chi connectivity index (χ2v) is 5.28. The van der Waals surface area contributed by atoms with Crippen LogP contribution in [0.4, 0.5) is 0 Å². The molecule has 0 aromatic heterocycles. The van der Waals surface area contributed by atoms with Gasteiger partial charge in [0.25, 0.3) is 5.91 Å². The lowest BCUT2D eigenvalue weighted by Crippen LogP contribution is -2.47. The molecule has 1 atom stereocenters. The molecular weight excluding hydrogens is 284 g/mol. The molecule has 118 valence electrons. The van der Waals surface area contributed by atoms with Crippen LogP contribution in [0.3, 0.4) is 0 Å². The van der Waals surface area contributed by atoms with Gasteiger partial charge < -0.3 is 15.4 Å². The maximum absolute atomic E-state index is 11.9. The van der Waals surface area contributed by atoms with E-state index in [4.69, 9.17) is 4.74 Å². The van der Waals surface area contributed by atoms with Crippen molar-refractivity contribution in [3.05, 3.63) is 29.8 Å². The van der Waals surface area contributed by atoms with Gasteiger partial charge in [-0.25, -0.2) is 0 Å². The topological polar surface area (TPSA) is 84.5 Å². The molecule has 1 aliphatic rings. The van der Waals surface area contributed by atoms with Crippen LogP contribution in [0.25, 0.3) is 0 Å². The molecule has 0 aliphatic carbocycles. The predicted molar refractivity (Wildman–Crippen MR) is 80.5 cm³/mol. The fourth-order valence-corrected chi connectivity index (χ4v) is 2.34. The van der Waals surface area contributed by atoms with Crippen LogP contribution in [0.15, 0.2) is 24.3 Å². The molecule has 6 heteroatoms. The average molecular weight is 304 g/mol. The van der Waals surface area contributed by atoms with Crippen LogP contribution in [0.2, 0.25) is 0 Å². The van der Waals surface area contributed by atoms with E-state index in [1.165, 1.54) is 0 Å². The number of carbonyl (C=O) groups is 3. The molecule has 2 amide bonds. The number of Topliss-reactive ketones (excluding diaryl/α,β-unsaturated/α-hetero) is 1. The Morgan fingerprint density at radius 2 is 2.05 bits per heavy atom. The van der Waals surface area contributed by atoms with Gasteiger partial charge in [0.05, 0.1) is 7.11 Å². The van der Waals surface area contributed by atoms with Crippen molar-refractivity contribution in [3.63, 3.8) is 0 Å². The lowest BCUT2D eigenvalue weighted by Gasteiger charge is -2.22. The summed E-state index contributed by atoms with van der Waals surface area (Å²) in [6.45, 7) is 0.532. The zero-order chi connectivity index (χ0) is 15.9. The van der Waals surface area contributed by atoms with Crippen molar-refractivity contribution >= 4 is 17.6 Å². The van der Waals surface area contributed by atoms with E-state index >= 15 is 0 Å². The van der Waals surface area contributed by atoms with Crippen molar-refractivity contribution in [1.29, 1.82) is 0 Å².